The quantitative estimate of drug-likeness (QED) is 0.317. The van der Waals surface area contributed by atoms with Crippen LogP contribution in [0.4, 0.5) is 0 Å². The van der Waals surface area contributed by atoms with Crippen LogP contribution >= 0.6 is 0 Å². The van der Waals surface area contributed by atoms with Crippen molar-refractivity contribution in [1.82, 2.24) is 0 Å². The number of nitriles is 1. The molecule has 0 N–H and O–H groups in total. The Morgan fingerprint density at radius 3 is 2.21 bits per heavy atom. The Labute approximate surface area is 88.1 Å². The van der Waals surface area contributed by atoms with Gasteiger partial charge in [-0.15, -0.1) is 0 Å². The van der Waals surface area contributed by atoms with Crippen LogP contribution in [0.5, 0.6) is 0 Å². The molecule has 0 aromatic heterocycles. The molecule has 78 valence electrons. The van der Waals surface area contributed by atoms with E-state index in [0.29, 0.717) is 0 Å². The maximum Gasteiger partial charge on any atom is 0.0908 e. The summed E-state index contributed by atoms with van der Waals surface area (Å²) in [6.45, 7) is 2.23. The van der Waals surface area contributed by atoms with E-state index >= 15 is 0 Å². The lowest BCUT2D eigenvalue weighted by Crippen LogP contribution is -1.72. The second-order valence-electron chi connectivity index (χ2n) is 3.43. The first-order chi connectivity index (χ1) is 6.91. The fourth-order valence-electron chi connectivity index (χ4n) is 1.24. The Morgan fingerprint density at radius 2 is 1.57 bits per heavy atom. The van der Waals surface area contributed by atoms with Crippen molar-refractivity contribution in [3.63, 3.8) is 0 Å². The normalized spacial score (nSPS) is 11.1. The zero-order valence-electron chi connectivity index (χ0n) is 9.21. The maximum absolute atomic E-state index is 8.24. The number of unbranched alkanes of at least 4 members (excludes halogenated alkanes) is 5. The predicted octanol–water partition coefficient (Wildman–Crippen LogP) is 4.37. The molecule has 0 saturated heterocycles. The first-order valence-electron chi connectivity index (χ1n) is 5.61. The minimum Gasteiger partial charge on any atom is -0.193 e. The minimum atomic E-state index is 1.02. The predicted molar refractivity (Wildman–Crippen MR) is 61.9 cm³/mol. The van der Waals surface area contributed by atoms with Crippen LogP contribution in [0.2, 0.25) is 0 Å². The summed E-state index contributed by atoms with van der Waals surface area (Å²) in [4.78, 5) is 0. The van der Waals surface area contributed by atoms with Crippen molar-refractivity contribution >= 4 is 0 Å². The molecule has 0 radical (unpaired) electrons. The maximum atomic E-state index is 8.24. The van der Waals surface area contributed by atoms with Crippen molar-refractivity contribution in [3.05, 3.63) is 24.3 Å². The summed E-state index contributed by atoms with van der Waals surface area (Å²) in [5.41, 5.74) is 0. The van der Waals surface area contributed by atoms with Gasteiger partial charge < -0.3 is 0 Å². The second kappa shape index (κ2) is 12.0. The molecule has 1 nitrogen and oxygen atoms in total. The Morgan fingerprint density at radius 1 is 0.929 bits per heavy atom. The number of hydrogen-bond donors (Lipinski definition) is 0. The van der Waals surface area contributed by atoms with Crippen LogP contribution in [-0.2, 0) is 0 Å². The van der Waals surface area contributed by atoms with Crippen molar-refractivity contribution in [3.8, 4) is 6.07 Å². The van der Waals surface area contributed by atoms with Crippen molar-refractivity contribution in [2.45, 2.75) is 51.9 Å². The third kappa shape index (κ3) is 11.0. The molecule has 14 heavy (non-hydrogen) atoms. The van der Waals surface area contributed by atoms with E-state index in [-0.39, 0.29) is 0 Å². The highest BCUT2D eigenvalue weighted by Crippen LogP contribution is 2.02. The molecule has 0 unspecified atom stereocenters. The fraction of sp³-hybridized carbons (Fsp3) is 0.615. The van der Waals surface area contributed by atoms with Gasteiger partial charge in [0.15, 0.2) is 0 Å². The molecule has 0 heterocycles. The highest BCUT2D eigenvalue weighted by Gasteiger charge is 1.82. The molecule has 0 aliphatic rings. The Balaban J connectivity index is 3.11. The second-order valence-corrected chi connectivity index (χ2v) is 3.43. The molecule has 0 aliphatic heterocycles. The highest BCUT2D eigenvalue weighted by atomic mass is 14.2. The van der Waals surface area contributed by atoms with Gasteiger partial charge in [0.1, 0.15) is 0 Å². The van der Waals surface area contributed by atoms with Crippen LogP contribution in [-0.4, -0.2) is 0 Å². The van der Waals surface area contributed by atoms with Gasteiger partial charge in [0, 0.05) is 6.08 Å². The molecule has 0 amide bonds. The molecule has 0 aliphatic carbocycles. The van der Waals surface area contributed by atoms with Gasteiger partial charge in [-0.1, -0.05) is 38.0 Å². The highest BCUT2D eigenvalue weighted by molar-refractivity contribution is 5.01. The van der Waals surface area contributed by atoms with E-state index < -0.39 is 0 Å². The molecular weight excluding hydrogens is 170 g/mol. The molecule has 0 bridgehead atoms. The lowest BCUT2D eigenvalue weighted by Gasteiger charge is -1.92. The van der Waals surface area contributed by atoms with Gasteiger partial charge in [0.2, 0.25) is 0 Å². The molecule has 0 spiro atoms. The van der Waals surface area contributed by atoms with E-state index in [1.807, 2.05) is 12.1 Å². The van der Waals surface area contributed by atoms with E-state index in [0.717, 1.165) is 19.3 Å². The molecule has 0 saturated carbocycles. The van der Waals surface area contributed by atoms with Crippen LogP contribution in [0.25, 0.3) is 0 Å². The zero-order valence-corrected chi connectivity index (χ0v) is 9.21. The molecular formula is C13H21N. The van der Waals surface area contributed by atoms with E-state index in [2.05, 4.69) is 19.1 Å². The smallest absolute Gasteiger partial charge is 0.0908 e. The van der Waals surface area contributed by atoms with Crippen LogP contribution in [0.3, 0.4) is 0 Å². The Hall–Kier alpha value is -1.03. The van der Waals surface area contributed by atoms with Crippen LogP contribution in [0, 0.1) is 11.3 Å². The van der Waals surface area contributed by atoms with Crippen molar-refractivity contribution in [2.24, 2.45) is 0 Å². The standard InChI is InChI=1S/C13H21N/c1-2-3-4-5-6-7-8-9-10-11-12-13-14/h6-7,11-12H,2-5,8-10H2,1H3/b7-6+,12-11+. The average molecular weight is 191 g/mol. The molecule has 0 aromatic rings. The van der Waals surface area contributed by atoms with Crippen molar-refractivity contribution in [2.75, 3.05) is 0 Å². The van der Waals surface area contributed by atoms with Crippen molar-refractivity contribution < 1.29 is 0 Å². The van der Waals surface area contributed by atoms with Gasteiger partial charge in [-0.05, 0) is 32.1 Å². The summed E-state index contributed by atoms with van der Waals surface area (Å²) in [5.74, 6) is 0. The first kappa shape index (κ1) is 13.0. The van der Waals surface area contributed by atoms with E-state index in [4.69, 9.17) is 5.26 Å². The van der Waals surface area contributed by atoms with Crippen LogP contribution < -0.4 is 0 Å². The number of rotatable bonds is 8. The molecule has 1 heteroatoms. The summed E-state index contributed by atoms with van der Waals surface area (Å²) in [7, 11) is 0. The Bertz CT molecular complexity index is 196. The first-order valence-corrected chi connectivity index (χ1v) is 5.61. The number of nitrogens with zero attached hydrogens (tertiary/aromatic N) is 1. The van der Waals surface area contributed by atoms with Crippen LogP contribution in [0.1, 0.15) is 51.9 Å². The molecule has 0 fully saturated rings. The lowest BCUT2D eigenvalue weighted by molar-refractivity contribution is 0.727. The number of allylic oxidation sites excluding steroid dienone is 4. The van der Waals surface area contributed by atoms with Gasteiger partial charge in [-0.25, -0.2) is 0 Å². The van der Waals surface area contributed by atoms with Crippen molar-refractivity contribution in [1.29, 1.82) is 5.26 Å². The molecule has 0 atom stereocenters. The Kier molecular flexibility index (Phi) is 11.1. The lowest BCUT2D eigenvalue weighted by atomic mass is 10.1. The SMILES string of the molecule is CCCCC/C=C/CCC/C=C/C#N. The molecule has 0 aromatic carbocycles. The van der Waals surface area contributed by atoms with E-state index in [1.165, 1.54) is 25.7 Å². The van der Waals surface area contributed by atoms with Gasteiger partial charge in [0.25, 0.3) is 0 Å². The van der Waals surface area contributed by atoms with Gasteiger partial charge in [-0.2, -0.15) is 5.26 Å². The van der Waals surface area contributed by atoms with E-state index in [9.17, 15) is 0 Å². The third-order valence-electron chi connectivity index (χ3n) is 2.07. The minimum absolute atomic E-state index is 1.02. The fourth-order valence-corrected chi connectivity index (χ4v) is 1.24. The van der Waals surface area contributed by atoms with Crippen LogP contribution in [0.15, 0.2) is 24.3 Å². The monoisotopic (exact) mass is 191 g/mol. The van der Waals surface area contributed by atoms with Gasteiger partial charge >= 0.3 is 0 Å². The summed E-state index contributed by atoms with van der Waals surface area (Å²) in [6.07, 6.45) is 16.5. The summed E-state index contributed by atoms with van der Waals surface area (Å²) < 4.78 is 0. The topological polar surface area (TPSA) is 23.8 Å². The number of hydrogen-bond acceptors (Lipinski definition) is 1. The average Bonchev–Trinajstić information content (AvgIpc) is 2.21. The summed E-state index contributed by atoms with van der Waals surface area (Å²) >= 11 is 0. The summed E-state index contributed by atoms with van der Waals surface area (Å²) in [5, 5.41) is 8.24. The third-order valence-corrected chi connectivity index (χ3v) is 2.07. The zero-order chi connectivity index (χ0) is 10.5. The largest absolute Gasteiger partial charge is 0.193 e. The summed E-state index contributed by atoms with van der Waals surface area (Å²) in [6, 6.07) is 1.99. The van der Waals surface area contributed by atoms with E-state index in [1.54, 1.807) is 6.08 Å². The van der Waals surface area contributed by atoms with Gasteiger partial charge in [-0.3, -0.25) is 0 Å². The van der Waals surface area contributed by atoms with Gasteiger partial charge in [0.05, 0.1) is 6.07 Å². The molecule has 0 rings (SSSR count).